The van der Waals surface area contributed by atoms with Crippen LogP contribution in [0.25, 0.3) is 0 Å². The highest BCUT2D eigenvalue weighted by Gasteiger charge is 2.30. The van der Waals surface area contributed by atoms with Crippen molar-refractivity contribution in [2.45, 2.75) is 24.8 Å². The van der Waals surface area contributed by atoms with Gasteiger partial charge in [-0.1, -0.05) is 22.9 Å². The summed E-state index contributed by atoms with van der Waals surface area (Å²) in [7, 11) is -3.46. The van der Waals surface area contributed by atoms with Crippen LogP contribution in [-0.2, 0) is 14.6 Å². The van der Waals surface area contributed by atoms with Gasteiger partial charge < -0.3 is 10.2 Å². The zero-order valence-electron chi connectivity index (χ0n) is 12.8. The third kappa shape index (κ3) is 4.08. The molecule has 22 heavy (non-hydrogen) atoms. The molecule has 2 atom stereocenters. The molecule has 0 saturated carbocycles. The Morgan fingerprint density at radius 2 is 2.05 bits per heavy atom. The Labute approximate surface area is 140 Å². The average molecular weight is 389 g/mol. The number of carbonyl (C=O) groups excluding carboxylic acids is 1. The zero-order chi connectivity index (χ0) is 16.3. The molecule has 0 spiro atoms. The molecular weight excluding hydrogens is 368 g/mol. The molecule has 1 saturated heterocycles. The van der Waals surface area contributed by atoms with Crippen molar-refractivity contribution < 1.29 is 13.2 Å². The van der Waals surface area contributed by atoms with E-state index in [1.165, 1.54) is 0 Å². The van der Waals surface area contributed by atoms with Crippen molar-refractivity contribution >= 4 is 31.7 Å². The first-order valence-corrected chi connectivity index (χ1v) is 9.75. The van der Waals surface area contributed by atoms with Gasteiger partial charge in [-0.05, 0) is 31.2 Å². The van der Waals surface area contributed by atoms with Crippen LogP contribution in [0, 0.1) is 5.92 Å². The summed E-state index contributed by atoms with van der Waals surface area (Å²) in [6.07, 6.45) is 0. The molecule has 0 aliphatic carbocycles. The second-order valence-corrected chi connectivity index (χ2v) is 8.67. The minimum Gasteiger partial charge on any atom is -0.337 e. The van der Waals surface area contributed by atoms with E-state index in [-0.39, 0.29) is 22.6 Å². The van der Waals surface area contributed by atoms with E-state index in [1.807, 2.05) is 6.92 Å². The van der Waals surface area contributed by atoms with Gasteiger partial charge >= 0.3 is 0 Å². The maximum Gasteiger partial charge on any atom is 0.226 e. The fourth-order valence-corrected chi connectivity index (χ4v) is 4.40. The number of halogens is 1. The number of piperazine rings is 1. The lowest BCUT2D eigenvalue weighted by Crippen LogP contribution is -2.54. The predicted octanol–water partition coefficient (Wildman–Crippen LogP) is 1.68. The molecule has 1 aliphatic rings. The van der Waals surface area contributed by atoms with Crippen LogP contribution in [0.4, 0.5) is 0 Å². The van der Waals surface area contributed by atoms with E-state index in [2.05, 4.69) is 21.2 Å². The first kappa shape index (κ1) is 17.4. The van der Waals surface area contributed by atoms with Gasteiger partial charge in [0.1, 0.15) is 0 Å². The number of nitrogens with zero attached hydrogens (tertiary/aromatic N) is 1. The average Bonchev–Trinajstić information content (AvgIpc) is 2.47. The third-order valence-electron chi connectivity index (χ3n) is 3.85. The molecule has 122 valence electrons. The first-order chi connectivity index (χ1) is 10.3. The highest BCUT2D eigenvalue weighted by atomic mass is 79.9. The summed E-state index contributed by atoms with van der Waals surface area (Å²) in [6, 6.07) is 6.60. The van der Waals surface area contributed by atoms with Crippen molar-refractivity contribution in [3.8, 4) is 0 Å². The first-order valence-electron chi connectivity index (χ1n) is 7.31. The van der Waals surface area contributed by atoms with Crippen molar-refractivity contribution in [2.24, 2.45) is 5.92 Å². The molecule has 0 aromatic heterocycles. The number of hydrogen-bond acceptors (Lipinski definition) is 4. The van der Waals surface area contributed by atoms with Crippen LogP contribution in [0.1, 0.15) is 13.8 Å². The third-order valence-corrected chi connectivity index (χ3v) is 6.31. The van der Waals surface area contributed by atoms with Crippen molar-refractivity contribution in [3.05, 3.63) is 28.7 Å². The number of nitrogens with one attached hydrogen (secondary N) is 1. The molecule has 7 heteroatoms. The number of hydrogen-bond donors (Lipinski definition) is 1. The molecular formula is C15H21BrN2O3S. The molecule has 2 rings (SSSR count). The summed E-state index contributed by atoms with van der Waals surface area (Å²) in [5.74, 6) is -0.798. The molecule has 1 amide bonds. The Balaban J connectivity index is 2.08. The normalized spacial score (nSPS) is 20.7. The number of benzene rings is 1. The summed E-state index contributed by atoms with van der Waals surface area (Å²) in [6.45, 7) is 5.79. The van der Waals surface area contributed by atoms with Gasteiger partial charge in [-0.3, -0.25) is 4.79 Å². The fraction of sp³-hybridized carbons (Fsp3) is 0.533. The van der Waals surface area contributed by atoms with Gasteiger partial charge in [0, 0.05) is 36.1 Å². The molecule has 5 nitrogen and oxygen atoms in total. The van der Waals surface area contributed by atoms with Crippen LogP contribution in [0.15, 0.2) is 33.6 Å². The van der Waals surface area contributed by atoms with Gasteiger partial charge in [-0.25, -0.2) is 8.42 Å². The minimum atomic E-state index is -3.46. The molecule has 1 unspecified atom stereocenters. The molecule has 0 bridgehead atoms. The van der Waals surface area contributed by atoms with E-state index in [1.54, 1.807) is 36.1 Å². The molecule has 1 N–H and O–H groups in total. The molecule has 1 aromatic carbocycles. The van der Waals surface area contributed by atoms with E-state index in [0.717, 1.165) is 17.6 Å². The Bertz CT molecular complexity index is 631. The maximum absolute atomic E-state index is 12.5. The zero-order valence-corrected chi connectivity index (χ0v) is 15.2. The standard InChI is InChI=1S/C15H21BrN2O3S/c1-11(15(19)18-8-7-17-9-12(18)2)10-22(20,21)14-5-3-13(16)4-6-14/h3-6,11-12,17H,7-10H2,1-2H3/t11?,12-/m1/s1. The van der Waals surface area contributed by atoms with Crippen molar-refractivity contribution in [2.75, 3.05) is 25.4 Å². The van der Waals surface area contributed by atoms with Crippen LogP contribution in [-0.4, -0.2) is 50.7 Å². The highest BCUT2D eigenvalue weighted by Crippen LogP contribution is 2.19. The van der Waals surface area contributed by atoms with Gasteiger partial charge in [-0.15, -0.1) is 0 Å². The van der Waals surface area contributed by atoms with Crippen molar-refractivity contribution in [3.63, 3.8) is 0 Å². The molecule has 1 fully saturated rings. The minimum absolute atomic E-state index is 0.0883. The topological polar surface area (TPSA) is 66.5 Å². The van der Waals surface area contributed by atoms with Crippen LogP contribution >= 0.6 is 15.9 Å². The smallest absolute Gasteiger partial charge is 0.226 e. The Kier molecular flexibility index (Phi) is 5.63. The number of amides is 1. The number of rotatable bonds is 4. The lowest BCUT2D eigenvalue weighted by atomic mass is 10.1. The monoisotopic (exact) mass is 388 g/mol. The second kappa shape index (κ2) is 7.10. The van der Waals surface area contributed by atoms with Crippen LogP contribution < -0.4 is 5.32 Å². The van der Waals surface area contributed by atoms with Crippen LogP contribution in [0.5, 0.6) is 0 Å². The summed E-state index contributed by atoms with van der Waals surface area (Å²) in [4.78, 5) is 14.5. The second-order valence-electron chi connectivity index (χ2n) is 5.72. The lowest BCUT2D eigenvalue weighted by molar-refractivity contribution is -0.137. The summed E-state index contributed by atoms with van der Waals surface area (Å²) in [5.41, 5.74) is 0. The lowest BCUT2D eigenvalue weighted by Gasteiger charge is -2.35. The van der Waals surface area contributed by atoms with E-state index < -0.39 is 15.8 Å². The largest absolute Gasteiger partial charge is 0.337 e. The molecule has 1 heterocycles. The molecule has 1 aromatic rings. The summed E-state index contributed by atoms with van der Waals surface area (Å²) < 4.78 is 25.7. The maximum atomic E-state index is 12.5. The van der Waals surface area contributed by atoms with Crippen LogP contribution in [0.2, 0.25) is 0 Å². The molecule has 1 aliphatic heterocycles. The summed E-state index contributed by atoms with van der Waals surface area (Å²) in [5, 5.41) is 3.22. The SMILES string of the molecule is CC(CS(=O)(=O)c1ccc(Br)cc1)C(=O)N1CCNC[C@H]1C. The van der Waals surface area contributed by atoms with E-state index in [4.69, 9.17) is 0 Å². The Hall–Kier alpha value is -0.920. The van der Waals surface area contributed by atoms with Gasteiger partial charge in [0.05, 0.1) is 10.6 Å². The highest BCUT2D eigenvalue weighted by molar-refractivity contribution is 9.10. The van der Waals surface area contributed by atoms with Gasteiger partial charge in [0.25, 0.3) is 0 Å². The van der Waals surface area contributed by atoms with Crippen molar-refractivity contribution in [1.29, 1.82) is 0 Å². The van der Waals surface area contributed by atoms with Gasteiger partial charge in [0.15, 0.2) is 9.84 Å². The Morgan fingerprint density at radius 1 is 1.41 bits per heavy atom. The fourth-order valence-electron chi connectivity index (χ4n) is 2.59. The van der Waals surface area contributed by atoms with E-state index >= 15 is 0 Å². The van der Waals surface area contributed by atoms with Gasteiger partial charge in [0.2, 0.25) is 5.91 Å². The molecule has 0 radical (unpaired) electrons. The summed E-state index contributed by atoms with van der Waals surface area (Å²) >= 11 is 3.28. The van der Waals surface area contributed by atoms with E-state index in [0.29, 0.717) is 6.54 Å². The van der Waals surface area contributed by atoms with E-state index in [9.17, 15) is 13.2 Å². The predicted molar refractivity (Wildman–Crippen MR) is 89.4 cm³/mol. The Morgan fingerprint density at radius 3 is 2.64 bits per heavy atom. The van der Waals surface area contributed by atoms with Crippen LogP contribution in [0.3, 0.4) is 0 Å². The number of sulfone groups is 1. The number of carbonyl (C=O) groups is 1. The van der Waals surface area contributed by atoms with Crippen molar-refractivity contribution in [1.82, 2.24) is 10.2 Å². The quantitative estimate of drug-likeness (QED) is 0.851. The van der Waals surface area contributed by atoms with Gasteiger partial charge in [-0.2, -0.15) is 0 Å².